The van der Waals surface area contributed by atoms with E-state index in [1.54, 1.807) is 12.4 Å². The second-order valence-electron chi connectivity index (χ2n) is 3.62. The Kier molecular flexibility index (Phi) is 2.38. The fraction of sp³-hybridized carbons (Fsp3) is 0. The zero-order valence-corrected chi connectivity index (χ0v) is 9.04. The van der Waals surface area contributed by atoms with E-state index in [1.807, 2.05) is 42.6 Å². The molecule has 0 aliphatic rings. The van der Waals surface area contributed by atoms with Crippen LogP contribution in [0.2, 0.25) is 0 Å². The Morgan fingerprint density at radius 1 is 0.941 bits per heavy atom. The maximum atomic E-state index is 4.51. The number of benzene rings is 1. The van der Waals surface area contributed by atoms with E-state index in [-0.39, 0.29) is 0 Å². The highest BCUT2D eigenvalue weighted by molar-refractivity contribution is 5.61. The molecule has 0 aliphatic heterocycles. The van der Waals surface area contributed by atoms with Crippen molar-refractivity contribution in [2.24, 2.45) is 0 Å². The summed E-state index contributed by atoms with van der Waals surface area (Å²) in [5, 5.41) is 6.69. The van der Waals surface area contributed by atoms with E-state index < -0.39 is 0 Å². The Morgan fingerprint density at radius 2 is 1.82 bits per heavy atom. The zero-order chi connectivity index (χ0) is 11.5. The average Bonchev–Trinajstić information content (AvgIpc) is 2.94. The van der Waals surface area contributed by atoms with Gasteiger partial charge < -0.3 is 0 Å². The largest absolute Gasteiger partial charge is 0.285 e. The van der Waals surface area contributed by atoms with Crippen LogP contribution in [0.25, 0.3) is 22.6 Å². The molecule has 1 N–H and O–H groups in total. The molecule has 0 amide bonds. The number of hydrogen-bond acceptors (Lipinski definition) is 3. The molecule has 0 spiro atoms. The van der Waals surface area contributed by atoms with Crippen LogP contribution in [-0.4, -0.2) is 20.2 Å². The van der Waals surface area contributed by atoms with E-state index in [0.29, 0.717) is 0 Å². The molecule has 0 atom stereocenters. The summed E-state index contributed by atoms with van der Waals surface area (Å²) < 4.78 is 0. The van der Waals surface area contributed by atoms with Crippen LogP contribution in [0.3, 0.4) is 0 Å². The van der Waals surface area contributed by atoms with E-state index in [2.05, 4.69) is 20.2 Å². The van der Waals surface area contributed by atoms with Gasteiger partial charge in [-0.1, -0.05) is 30.3 Å². The quantitative estimate of drug-likeness (QED) is 0.724. The molecule has 4 nitrogen and oxygen atoms in total. The van der Waals surface area contributed by atoms with Crippen LogP contribution in [0, 0.1) is 0 Å². The summed E-state index contributed by atoms with van der Waals surface area (Å²) in [6.07, 6.45) is 5.33. The van der Waals surface area contributed by atoms with Gasteiger partial charge in [0.2, 0.25) is 0 Å². The molecular formula is C13H10N4. The van der Waals surface area contributed by atoms with Crippen molar-refractivity contribution >= 4 is 0 Å². The number of nitrogens with zero attached hydrogens (tertiary/aromatic N) is 3. The molecule has 0 unspecified atom stereocenters. The van der Waals surface area contributed by atoms with Gasteiger partial charge in [0.1, 0.15) is 0 Å². The van der Waals surface area contributed by atoms with Crippen molar-refractivity contribution in [3.63, 3.8) is 0 Å². The third kappa shape index (κ3) is 1.92. The lowest BCUT2D eigenvalue weighted by Gasteiger charge is -2.01. The van der Waals surface area contributed by atoms with Gasteiger partial charge in [0.25, 0.3) is 0 Å². The van der Waals surface area contributed by atoms with Crippen LogP contribution in [0.4, 0.5) is 0 Å². The molecule has 0 bridgehead atoms. The van der Waals surface area contributed by atoms with Crippen molar-refractivity contribution in [3.05, 3.63) is 55.0 Å². The fourth-order valence-electron chi connectivity index (χ4n) is 1.64. The molecule has 4 heteroatoms. The van der Waals surface area contributed by atoms with Crippen LogP contribution < -0.4 is 0 Å². The van der Waals surface area contributed by atoms with Crippen molar-refractivity contribution in [2.45, 2.75) is 0 Å². The second-order valence-corrected chi connectivity index (χ2v) is 3.62. The molecule has 0 saturated carbocycles. The van der Waals surface area contributed by atoms with Crippen molar-refractivity contribution in [1.29, 1.82) is 0 Å². The smallest absolute Gasteiger partial charge is 0.159 e. The molecule has 2 heterocycles. The number of rotatable bonds is 2. The van der Waals surface area contributed by atoms with Gasteiger partial charge in [-0.3, -0.25) is 5.10 Å². The van der Waals surface area contributed by atoms with E-state index >= 15 is 0 Å². The Balaban J connectivity index is 2.06. The Morgan fingerprint density at radius 3 is 2.59 bits per heavy atom. The third-order valence-electron chi connectivity index (χ3n) is 2.48. The van der Waals surface area contributed by atoms with Gasteiger partial charge in [-0.15, -0.1) is 0 Å². The first kappa shape index (κ1) is 9.72. The van der Waals surface area contributed by atoms with E-state index in [0.717, 1.165) is 22.6 Å². The lowest BCUT2D eigenvalue weighted by atomic mass is 10.2. The molecule has 3 aromatic rings. The first-order valence-electron chi connectivity index (χ1n) is 5.31. The van der Waals surface area contributed by atoms with Crippen molar-refractivity contribution in [2.75, 3.05) is 0 Å². The summed E-state index contributed by atoms with van der Waals surface area (Å²) in [7, 11) is 0. The normalized spacial score (nSPS) is 10.4. The fourth-order valence-corrected chi connectivity index (χ4v) is 1.64. The Bertz CT molecular complexity index is 602. The van der Waals surface area contributed by atoms with E-state index in [9.17, 15) is 0 Å². The van der Waals surface area contributed by atoms with Crippen LogP contribution in [0.15, 0.2) is 55.0 Å². The van der Waals surface area contributed by atoms with Gasteiger partial charge in [0.05, 0.1) is 11.9 Å². The molecule has 0 radical (unpaired) electrons. The number of nitrogens with one attached hydrogen (secondary N) is 1. The van der Waals surface area contributed by atoms with Gasteiger partial charge >= 0.3 is 0 Å². The molecular weight excluding hydrogens is 212 g/mol. The summed E-state index contributed by atoms with van der Waals surface area (Å²) >= 11 is 0. The molecule has 0 fully saturated rings. The van der Waals surface area contributed by atoms with Crippen LogP contribution >= 0.6 is 0 Å². The topological polar surface area (TPSA) is 54.5 Å². The van der Waals surface area contributed by atoms with E-state index in [4.69, 9.17) is 0 Å². The molecule has 82 valence electrons. The molecule has 17 heavy (non-hydrogen) atoms. The molecule has 2 aromatic heterocycles. The monoisotopic (exact) mass is 222 g/mol. The summed E-state index contributed by atoms with van der Waals surface area (Å²) in [5.41, 5.74) is 2.84. The molecule has 3 rings (SSSR count). The maximum absolute atomic E-state index is 4.51. The zero-order valence-electron chi connectivity index (χ0n) is 9.04. The van der Waals surface area contributed by atoms with Gasteiger partial charge in [-0.2, -0.15) is 5.10 Å². The van der Waals surface area contributed by atoms with E-state index in [1.165, 1.54) is 0 Å². The molecule has 0 saturated heterocycles. The van der Waals surface area contributed by atoms with Crippen LogP contribution in [0.1, 0.15) is 0 Å². The number of H-pyrrole nitrogens is 1. The lowest BCUT2D eigenvalue weighted by Crippen LogP contribution is -1.90. The minimum atomic E-state index is 0.726. The first-order chi connectivity index (χ1) is 8.43. The van der Waals surface area contributed by atoms with Gasteiger partial charge in [0.15, 0.2) is 5.82 Å². The minimum Gasteiger partial charge on any atom is -0.285 e. The highest BCUT2D eigenvalue weighted by Crippen LogP contribution is 2.19. The third-order valence-corrected chi connectivity index (χ3v) is 2.48. The van der Waals surface area contributed by atoms with Crippen LogP contribution in [-0.2, 0) is 0 Å². The maximum Gasteiger partial charge on any atom is 0.159 e. The molecule has 0 aliphatic carbocycles. The summed E-state index contributed by atoms with van der Waals surface area (Å²) in [6.45, 7) is 0. The Labute approximate surface area is 98.4 Å². The number of aromatic amines is 1. The highest BCUT2D eigenvalue weighted by atomic mass is 15.1. The van der Waals surface area contributed by atoms with Crippen molar-refractivity contribution in [1.82, 2.24) is 20.2 Å². The number of aromatic nitrogens is 4. The second kappa shape index (κ2) is 4.17. The van der Waals surface area contributed by atoms with Gasteiger partial charge in [-0.05, 0) is 6.07 Å². The lowest BCUT2D eigenvalue weighted by molar-refractivity contribution is 1.09. The predicted octanol–water partition coefficient (Wildman–Crippen LogP) is 2.53. The van der Waals surface area contributed by atoms with Gasteiger partial charge in [0, 0.05) is 23.5 Å². The van der Waals surface area contributed by atoms with Crippen molar-refractivity contribution in [3.8, 4) is 22.6 Å². The highest BCUT2D eigenvalue weighted by Gasteiger charge is 2.04. The Hall–Kier alpha value is -2.49. The minimum absolute atomic E-state index is 0.726. The average molecular weight is 222 g/mol. The molecule has 1 aromatic carbocycles. The van der Waals surface area contributed by atoms with Crippen molar-refractivity contribution < 1.29 is 0 Å². The van der Waals surface area contributed by atoms with Crippen LogP contribution in [0.5, 0.6) is 0 Å². The summed E-state index contributed by atoms with van der Waals surface area (Å²) in [4.78, 5) is 8.79. The summed E-state index contributed by atoms with van der Waals surface area (Å²) in [6, 6.07) is 11.8. The predicted molar refractivity (Wildman–Crippen MR) is 65.0 cm³/mol. The standard InChI is InChI=1S/C13H10N4/c1-2-4-10(5-3-1)13-14-7-6-12(17-13)11-8-15-16-9-11/h1-9H,(H,15,16). The number of hydrogen-bond donors (Lipinski definition) is 1. The van der Waals surface area contributed by atoms with Gasteiger partial charge in [-0.25, -0.2) is 9.97 Å². The summed E-state index contributed by atoms with van der Waals surface area (Å²) in [5.74, 6) is 0.726. The first-order valence-corrected chi connectivity index (χ1v) is 5.31. The SMILES string of the molecule is c1ccc(-c2nccc(-c3cn[nH]c3)n2)cc1.